The maximum Gasteiger partial charge on any atom is 0.239 e. The molecule has 2 aromatic rings. The molecule has 5 rings (SSSR count). The Bertz CT molecular complexity index is 886. The van der Waals surface area contributed by atoms with Crippen molar-refractivity contribution in [3.63, 3.8) is 0 Å². The van der Waals surface area contributed by atoms with Crippen molar-refractivity contribution in [3.05, 3.63) is 60.2 Å². The Morgan fingerprint density at radius 1 is 0.871 bits per heavy atom. The minimum atomic E-state index is 0.0933. The number of fused-ring (bicyclic) bond motifs is 1. The normalized spacial score (nSPS) is 20.3. The monoisotopic (exact) mass is 417 g/mol. The highest BCUT2D eigenvalue weighted by Crippen LogP contribution is 2.39. The van der Waals surface area contributed by atoms with Gasteiger partial charge in [0.1, 0.15) is 0 Å². The molecule has 1 N–H and O–H groups in total. The van der Waals surface area contributed by atoms with E-state index in [1.165, 1.54) is 61.9 Å². The lowest BCUT2D eigenvalue weighted by atomic mass is 9.69. The summed E-state index contributed by atoms with van der Waals surface area (Å²) in [5.74, 6) is 1.01. The molecule has 0 radical (unpaired) electrons. The molecule has 0 saturated heterocycles. The zero-order valence-electron chi connectivity index (χ0n) is 18.6. The van der Waals surface area contributed by atoms with Crippen molar-refractivity contribution in [2.75, 3.05) is 42.5 Å². The van der Waals surface area contributed by atoms with E-state index < -0.39 is 0 Å². The van der Waals surface area contributed by atoms with Gasteiger partial charge in [0.25, 0.3) is 0 Å². The van der Waals surface area contributed by atoms with Gasteiger partial charge in [0.05, 0.1) is 17.9 Å². The predicted octanol–water partition coefficient (Wildman–Crippen LogP) is 4.74. The van der Waals surface area contributed by atoms with Crippen LogP contribution in [-0.2, 0) is 10.2 Å². The van der Waals surface area contributed by atoms with Gasteiger partial charge >= 0.3 is 0 Å². The summed E-state index contributed by atoms with van der Waals surface area (Å²) in [5, 5.41) is 3.33. The molecule has 0 aromatic heterocycles. The van der Waals surface area contributed by atoms with Crippen molar-refractivity contribution in [2.45, 2.75) is 50.4 Å². The number of para-hydroxylation sites is 2. The zero-order chi connectivity index (χ0) is 21.1. The molecule has 1 aliphatic heterocycles. The molecular weight excluding hydrogens is 382 g/mol. The van der Waals surface area contributed by atoms with E-state index in [0.717, 1.165) is 32.1 Å². The number of hydrogen-bond donors (Lipinski definition) is 1. The first kappa shape index (κ1) is 20.4. The molecule has 1 amide bonds. The van der Waals surface area contributed by atoms with Crippen LogP contribution in [0.2, 0.25) is 0 Å². The van der Waals surface area contributed by atoms with Crippen LogP contribution in [0.15, 0.2) is 54.6 Å². The highest BCUT2D eigenvalue weighted by atomic mass is 16.2. The van der Waals surface area contributed by atoms with Crippen LogP contribution < -0.4 is 15.1 Å². The third kappa shape index (κ3) is 4.58. The Morgan fingerprint density at radius 2 is 1.52 bits per heavy atom. The minimum Gasteiger partial charge on any atom is -0.368 e. The summed E-state index contributed by atoms with van der Waals surface area (Å²) in [6, 6.07) is 19.4. The van der Waals surface area contributed by atoms with Gasteiger partial charge in [-0.15, -0.1) is 0 Å². The molecule has 4 heteroatoms. The lowest BCUT2D eigenvalue weighted by Gasteiger charge is -2.40. The predicted molar refractivity (Wildman–Crippen MR) is 128 cm³/mol. The van der Waals surface area contributed by atoms with Gasteiger partial charge in [-0.25, -0.2) is 0 Å². The van der Waals surface area contributed by atoms with Gasteiger partial charge in [-0.05, 0) is 49.3 Å². The Hall–Kier alpha value is -2.49. The number of carbonyl (C=O) groups excluding carboxylic acids is 1. The molecule has 0 spiro atoms. The number of nitrogens with one attached hydrogen (secondary N) is 1. The number of benzene rings is 2. The average Bonchev–Trinajstić information content (AvgIpc) is 3.65. The number of hydrogen-bond acceptors (Lipinski definition) is 3. The van der Waals surface area contributed by atoms with Crippen molar-refractivity contribution in [1.82, 2.24) is 5.32 Å². The molecule has 3 aliphatic rings. The molecule has 2 fully saturated rings. The first-order valence-electron chi connectivity index (χ1n) is 12.1. The Labute approximate surface area is 186 Å². The highest BCUT2D eigenvalue weighted by molar-refractivity contribution is 5.84. The fraction of sp³-hybridized carbons (Fsp3) is 0.519. The lowest BCUT2D eigenvalue weighted by molar-refractivity contribution is -0.120. The topological polar surface area (TPSA) is 35.6 Å². The first-order chi connectivity index (χ1) is 15.2. The third-order valence-electron chi connectivity index (χ3n) is 7.53. The van der Waals surface area contributed by atoms with Gasteiger partial charge in [0, 0.05) is 31.6 Å². The van der Waals surface area contributed by atoms with E-state index in [2.05, 4.69) is 69.7 Å². The van der Waals surface area contributed by atoms with E-state index >= 15 is 0 Å². The highest BCUT2D eigenvalue weighted by Gasteiger charge is 2.34. The average molecular weight is 418 g/mol. The summed E-state index contributed by atoms with van der Waals surface area (Å²) in [6.45, 7) is 4.28. The molecule has 0 unspecified atom stereocenters. The molecule has 2 saturated carbocycles. The second kappa shape index (κ2) is 8.94. The number of amides is 1. The SMILES string of the molecule is O=C(CN1CCN(CC2CC2)c2ccccc21)NCC1(c2ccccc2)CCCCC1. The van der Waals surface area contributed by atoms with E-state index in [9.17, 15) is 4.79 Å². The van der Waals surface area contributed by atoms with Gasteiger partial charge in [0.15, 0.2) is 0 Å². The van der Waals surface area contributed by atoms with E-state index in [0.29, 0.717) is 6.54 Å². The fourth-order valence-corrected chi connectivity index (χ4v) is 5.53. The number of rotatable bonds is 7. The number of anilines is 2. The largest absolute Gasteiger partial charge is 0.368 e. The molecule has 0 atom stereocenters. The molecule has 2 aromatic carbocycles. The Balaban J connectivity index is 1.25. The van der Waals surface area contributed by atoms with Gasteiger partial charge in [-0.2, -0.15) is 0 Å². The van der Waals surface area contributed by atoms with Gasteiger partial charge in [0.2, 0.25) is 5.91 Å². The standard InChI is InChI=1S/C27H35N3O/c31-26(28-21-27(15-7-2-8-16-27)23-9-3-1-4-10-23)20-30-18-17-29(19-22-13-14-22)24-11-5-6-12-25(24)30/h1,3-6,9-12,22H,2,7-8,13-21H2,(H,28,31). The van der Waals surface area contributed by atoms with Crippen molar-refractivity contribution in [2.24, 2.45) is 5.92 Å². The fourth-order valence-electron chi connectivity index (χ4n) is 5.53. The van der Waals surface area contributed by atoms with E-state index in [-0.39, 0.29) is 11.3 Å². The van der Waals surface area contributed by atoms with E-state index in [1.807, 2.05) is 0 Å². The van der Waals surface area contributed by atoms with Crippen molar-refractivity contribution >= 4 is 17.3 Å². The van der Waals surface area contributed by atoms with Gasteiger partial charge in [-0.3, -0.25) is 4.79 Å². The Kier molecular flexibility index (Phi) is 5.89. The second-order valence-corrected chi connectivity index (χ2v) is 9.78. The quantitative estimate of drug-likeness (QED) is 0.707. The van der Waals surface area contributed by atoms with Crippen molar-refractivity contribution in [1.29, 1.82) is 0 Å². The summed E-state index contributed by atoms with van der Waals surface area (Å²) < 4.78 is 0. The lowest BCUT2D eigenvalue weighted by Crippen LogP contribution is -2.48. The van der Waals surface area contributed by atoms with Gasteiger partial charge < -0.3 is 15.1 Å². The summed E-state index contributed by atoms with van der Waals surface area (Å²) in [5.41, 5.74) is 3.98. The van der Waals surface area contributed by atoms with Crippen LogP contribution in [-0.4, -0.2) is 38.6 Å². The molecule has 2 aliphatic carbocycles. The van der Waals surface area contributed by atoms with Crippen molar-refractivity contribution < 1.29 is 4.79 Å². The van der Waals surface area contributed by atoms with Crippen LogP contribution in [0.1, 0.15) is 50.5 Å². The van der Waals surface area contributed by atoms with Crippen LogP contribution in [0.3, 0.4) is 0 Å². The van der Waals surface area contributed by atoms with Crippen LogP contribution in [0.4, 0.5) is 11.4 Å². The summed E-state index contributed by atoms with van der Waals surface area (Å²) in [7, 11) is 0. The summed E-state index contributed by atoms with van der Waals surface area (Å²) >= 11 is 0. The zero-order valence-corrected chi connectivity index (χ0v) is 18.6. The van der Waals surface area contributed by atoms with E-state index in [4.69, 9.17) is 0 Å². The van der Waals surface area contributed by atoms with Crippen LogP contribution in [0.5, 0.6) is 0 Å². The van der Waals surface area contributed by atoms with Crippen LogP contribution >= 0.6 is 0 Å². The van der Waals surface area contributed by atoms with Crippen LogP contribution in [0.25, 0.3) is 0 Å². The number of carbonyl (C=O) groups is 1. The molecular formula is C27H35N3O. The Morgan fingerprint density at radius 3 is 2.23 bits per heavy atom. The van der Waals surface area contributed by atoms with Crippen LogP contribution in [0, 0.1) is 5.92 Å². The minimum absolute atomic E-state index is 0.0933. The number of nitrogens with zero attached hydrogens (tertiary/aromatic N) is 2. The molecule has 4 nitrogen and oxygen atoms in total. The molecule has 1 heterocycles. The second-order valence-electron chi connectivity index (χ2n) is 9.78. The maximum absolute atomic E-state index is 13.0. The smallest absolute Gasteiger partial charge is 0.239 e. The van der Waals surface area contributed by atoms with Gasteiger partial charge in [-0.1, -0.05) is 61.7 Å². The first-order valence-corrected chi connectivity index (χ1v) is 12.1. The molecule has 164 valence electrons. The van der Waals surface area contributed by atoms with E-state index in [1.54, 1.807) is 0 Å². The summed E-state index contributed by atoms with van der Waals surface area (Å²) in [6.07, 6.45) is 8.88. The molecule has 31 heavy (non-hydrogen) atoms. The molecule has 0 bridgehead atoms. The summed E-state index contributed by atoms with van der Waals surface area (Å²) in [4.78, 5) is 17.8. The van der Waals surface area contributed by atoms with Crippen molar-refractivity contribution in [3.8, 4) is 0 Å². The third-order valence-corrected chi connectivity index (χ3v) is 7.53. The maximum atomic E-state index is 13.0.